The van der Waals surface area contributed by atoms with Gasteiger partial charge in [0.1, 0.15) is 0 Å². The van der Waals surface area contributed by atoms with Gasteiger partial charge in [-0.3, -0.25) is 0 Å². The lowest BCUT2D eigenvalue weighted by Gasteiger charge is -2.08. The number of hydrogen-bond donors (Lipinski definition) is 1. The van der Waals surface area contributed by atoms with Gasteiger partial charge in [0.05, 0.1) is 21.3 Å². The highest BCUT2D eigenvalue weighted by Gasteiger charge is 2.05. The maximum absolute atomic E-state index is 10.0. The third-order valence-corrected chi connectivity index (χ3v) is 3.11. The topological polar surface area (TPSA) is 47.9 Å². The molecule has 4 heteroatoms. The van der Waals surface area contributed by atoms with E-state index in [4.69, 9.17) is 14.2 Å². The lowest BCUT2D eigenvalue weighted by molar-refractivity contribution is 0.355. The van der Waals surface area contributed by atoms with E-state index in [0.717, 1.165) is 5.56 Å². The summed E-state index contributed by atoms with van der Waals surface area (Å²) in [6.07, 6.45) is 3.70. The summed E-state index contributed by atoms with van der Waals surface area (Å²) in [6, 6.07) is 11.0. The Morgan fingerprint density at radius 1 is 0.810 bits per heavy atom. The van der Waals surface area contributed by atoms with Gasteiger partial charge in [0.25, 0.3) is 0 Å². The Morgan fingerprint density at radius 2 is 1.52 bits per heavy atom. The zero-order chi connectivity index (χ0) is 15.2. The molecule has 0 aliphatic rings. The van der Waals surface area contributed by atoms with E-state index in [-0.39, 0.29) is 5.75 Å². The van der Waals surface area contributed by atoms with Crippen LogP contribution in [0.3, 0.4) is 0 Å². The molecule has 4 nitrogen and oxygen atoms in total. The highest BCUT2D eigenvalue weighted by molar-refractivity contribution is 5.74. The van der Waals surface area contributed by atoms with Gasteiger partial charge < -0.3 is 19.3 Å². The van der Waals surface area contributed by atoms with Crippen molar-refractivity contribution in [3.8, 4) is 23.0 Å². The van der Waals surface area contributed by atoms with Crippen molar-refractivity contribution in [2.24, 2.45) is 0 Å². The molecule has 0 fully saturated rings. The number of para-hydroxylation sites is 1. The number of ether oxygens (including phenoxy) is 3. The van der Waals surface area contributed by atoms with Crippen molar-refractivity contribution in [1.82, 2.24) is 0 Å². The van der Waals surface area contributed by atoms with Crippen LogP contribution in [0, 0.1) is 0 Å². The van der Waals surface area contributed by atoms with E-state index in [9.17, 15) is 5.11 Å². The molecule has 2 rings (SSSR count). The maximum atomic E-state index is 10.0. The summed E-state index contributed by atoms with van der Waals surface area (Å²) in [5.41, 5.74) is 1.62. The number of aromatic hydroxyl groups is 1. The highest BCUT2D eigenvalue weighted by atomic mass is 16.5. The first-order chi connectivity index (χ1) is 10.2. The van der Waals surface area contributed by atoms with Gasteiger partial charge in [0.2, 0.25) is 0 Å². The normalized spacial score (nSPS) is 10.6. The summed E-state index contributed by atoms with van der Waals surface area (Å²) >= 11 is 0. The zero-order valence-corrected chi connectivity index (χ0v) is 12.3. The minimum Gasteiger partial charge on any atom is -0.504 e. The average molecular weight is 286 g/mol. The van der Waals surface area contributed by atoms with E-state index < -0.39 is 0 Å². The van der Waals surface area contributed by atoms with Crippen molar-refractivity contribution < 1.29 is 19.3 Å². The lowest BCUT2D eigenvalue weighted by atomic mass is 10.1. The van der Waals surface area contributed by atoms with Crippen LogP contribution in [0.25, 0.3) is 12.2 Å². The minimum absolute atomic E-state index is 0.122. The van der Waals surface area contributed by atoms with E-state index >= 15 is 0 Å². The van der Waals surface area contributed by atoms with Crippen molar-refractivity contribution in [2.75, 3.05) is 21.3 Å². The molecule has 0 saturated carbocycles. The third kappa shape index (κ3) is 3.28. The van der Waals surface area contributed by atoms with Crippen LogP contribution in [0.15, 0.2) is 36.4 Å². The van der Waals surface area contributed by atoms with Crippen LogP contribution in [-0.4, -0.2) is 26.4 Å². The van der Waals surface area contributed by atoms with Gasteiger partial charge in [0, 0.05) is 5.56 Å². The Hall–Kier alpha value is -2.62. The van der Waals surface area contributed by atoms with Crippen molar-refractivity contribution >= 4 is 12.2 Å². The van der Waals surface area contributed by atoms with E-state index in [1.165, 1.54) is 7.11 Å². The molecule has 0 aliphatic heterocycles. The molecule has 1 N–H and O–H groups in total. The number of rotatable bonds is 5. The fourth-order valence-corrected chi connectivity index (χ4v) is 1.98. The summed E-state index contributed by atoms with van der Waals surface area (Å²) in [4.78, 5) is 0. The molecule has 0 radical (unpaired) electrons. The molecule has 0 bridgehead atoms. The Labute approximate surface area is 124 Å². The van der Waals surface area contributed by atoms with E-state index in [1.807, 2.05) is 42.5 Å². The molecule has 0 saturated heterocycles. The van der Waals surface area contributed by atoms with Crippen molar-refractivity contribution in [2.45, 2.75) is 0 Å². The summed E-state index contributed by atoms with van der Waals surface area (Å²) in [5, 5.41) is 10.0. The highest BCUT2D eigenvalue weighted by Crippen LogP contribution is 2.32. The first kappa shape index (κ1) is 14.8. The molecule has 0 amide bonds. The second-order valence-electron chi connectivity index (χ2n) is 4.35. The number of phenols is 1. The monoisotopic (exact) mass is 286 g/mol. The van der Waals surface area contributed by atoms with Crippen molar-refractivity contribution in [1.29, 1.82) is 0 Å². The van der Waals surface area contributed by atoms with E-state index in [0.29, 0.717) is 22.8 Å². The summed E-state index contributed by atoms with van der Waals surface area (Å²) in [5.74, 6) is 1.91. The zero-order valence-electron chi connectivity index (χ0n) is 12.3. The molecule has 2 aromatic rings. The molecule has 0 aliphatic carbocycles. The van der Waals surface area contributed by atoms with Gasteiger partial charge in [-0.15, -0.1) is 0 Å². The molecule has 110 valence electrons. The largest absolute Gasteiger partial charge is 0.504 e. The molecule has 2 aromatic carbocycles. The predicted molar refractivity (Wildman–Crippen MR) is 83.1 cm³/mol. The van der Waals surface area contributed by atoms with Gasteiger partial charge in [-0.05, 0) is 23.8 Å². The molecule has 21 heavy (non-hydrogen) atoms. The molecule has 0 aromatic heterocycles. The van der Waals surface area contributed by atoms with Crippen molar-refractivity contribution in [3.63, 3.8) is 0 Å². The Morgan fingerprint density at radius 3 is 2.19 bits per heavy atom. The predicted octanol–water partition coefficient (Wildman–Crippen LogP) is 3.59. The standard InChI is InChI=1S/C17H18O4/c1-19-14-10-8-12(11-16(14)21-3)7-9-13-5-4-6-15(20-2)17(13)18/h4-11,18H,1-3H3/b9-7+. The molecule has 0 heterocycles. The van der Waals surface area contributed by atoms with E-state index in [1.54, 1.807) is 20.3 Å². The number of hydrogen-bond acceptors (Lipinski definition) is 4. The summed E-state index contributed by atoms with van der Waals surface area (Å²) in [7, 11) is 4.72. The molecule has 0 unspecified atom stereocenters. The second-order valence-corrected chi connectivity index (χ2v) is 4.35. The number of benzene rings is 2. The molecule has 0 spiro atoms. The second kappa shape index (κ2) is 6.70. The van der Waals surface area contributed by atoms with Gasteiger partial charge in [-0.25, -0.2) is 0 Å². The smallest absolute Gasteiger partial charge is 0.165 e. The van der Waals surface area contributed by atoms with Gasteiger partial charge in [-0.1, -0.05) is 30.4 Å². The van der Waals surface area contributed by atoms with Crippen LogP contribution in [0.1, 0.15) is 11.1 Å². The van der Waals surface area contributed by atoms with Crippen LogP contribution >= 0.6 is 0 Å². The Kier molecular flexibility index (Phi) is 4.72. The quantitative estimate of drug-likeness (QED) is 0.853. The van der Waals surface area contributed by atoms with Gasteiger partial charge >= 0.3 is 0 Å². The lowest BCUT2D eigenvalue weighted by Crippen LogP contribution is -1.90. The first-order valence-electron chi connectivity index (χ1n) is 6.45. The maximum Gasteiger partial charge on any atom is 0.165 e. The van der Waals surface area contributed by atoms with Crippen molar-refractivity contribution in [3.05, 3.63) is 47.5 Å². The fourth-order valence-electron chi connectivity index (χ4n) is 1.98. The summed E-state index contributed by atoms with van der Waals surface area (Å²) < 4.78 is 15.5. The van der Waals surface area contributed by atoms with Crippen LogP contribution in [-0.2, 0) is 0 Å². The van der Waals surface area contributed by atoms with Gasteiger partial charge in [0.15, 0.2) is 23.0 Å². The van der Waals surface area contributed by atoms with Crippen LogP contribution < -0.4 is 14.2 Å². The van der Waals surface area contributed by atoms with E-state index in [2.05, 4.69) is 0 Å². The molecule has 0 atom stereocenters. The SMILES string of the molecule is COc1ccc(/C=C/c2cccc(OC)c2O)cc1OC. The summed E-state index contributed by atoms with van der Waals surface area (Å²) in [6.45, 7) is 0. The molecular weight excluding hydrogens is 268 g/mol. The minimum atomic E-state index is 0.122. The third-order valence-electron chi connectivity index (χ3n) is 3.11. The first-order valence-corrected chi connectivity index (χ1v) is 6.45. The van der Waals surface area contributed by atoms with Crippen LogP contribution in [0.4, 0.5) is 0 Å². The number of phenolic OH excluding ortho intramolecular Hbond substituents is 1. The number of methoxy groups -OCH3 is 3. The van der Waals surface area contributed by atoms with Gasteiger partial charge in [-0.2, -0.15) is 0 Å². The average Bonchev–Trinajstić information content (AvgIpc) is 2.53. The Bertz CT molecular complexity index is 647. The fraction of sp³-hybridized carbons (Fsp3) is 0.176. The van der Waals surface area contributed by atoms with Crippen LogP contribution in [0.5, 0.6) is 23.0 Å². The Balaban J connectivity index is 2.29. The molecular formula is C17H18O4. The van der Waals surface area contributed by atoms with Crippen LogP contribution in [0.2, 0.25) is 0 Å².